The third-order valence-electron chi connectivity index (χ3n) is 2.51. The Bertz CT molecular complexity index is 325. The highest BCUT2D eigenvalue weighted by atomic mass is 79.9. The molecule has 0 aliphatic rings. The number of halogens is 1. The first-order valence-corrected chi connectivity index (χ1v) is 6.29. The fraction of sp³-hybridized carbons (Fsp3) is 0.727. The standard InChI is InChI=1S/C11H20BrN3O/c1-9(8-16)6-11-10(12)7-13-15(11)5-4-14(2)3/h7,9,16H,4-6,8H2,1-3H3. The summed E-state index contributed by atoms with van der Waals surface area (Å²) in [5.41, 5.74) is 1.17. The Hall–Kier alpha value is -0.390. The summed E-state index contributed by atoms with van der Waals surface area (Å²) in [6.45, 7) is 4.10. The van der Waals surface area contributed by atoms with Crippen LogP contribution in [0.2, 0.25) is 0 Å². The van der Waals surface area contributed by atoms with Gasteiger partial charge in [0, 0.05) is 13.2 Å². The first-order valence-electron chi connectivity index (χ1n) is 5.50. The Kier molecular flexibility index (Phi) is 5.44. The SMILES string of the molecule is CC(CO)Cc1c(Br)cnn1CCN(C)C. The lowest BCUT2D eigenvalue weighted by molar-refractivity contribution is 0.234. The molecule has 1 unspecified atom stereocenters. The van der Waals surface area contributed by atoms with Crippen LogP contribution >= 0.6 is 15.9 Å². The van der Waals surface area contributed by atoms with Gasteiger partial charge >= 0.3 is 0 Å². The molecule has 0 aromatic carbocycles. The molecule has 1 heterocycles. The molecule has 5 heteroatoms. The number of hydrogen-bond acceptors (Lipinski definition) is 3. The lowest BCUT2D eigenvalue weighted by Crippen LogP contribution is -2.21. The highest BCUT2D eigenvalue weighted by molar-refractivity contribution is 9.10. The van der Waals surface area contributed by atoms with Gasteiger partial charge in [0.1, 0.15) is 0 Å². The van der Waals surface area contributed by atoms with E-state index < -0.39 is 0 Å². The van der Waals surface area contributed by atoms with E-state index in [1.165, 1.54) is 5.69 Å². The van der Waals surface area contributed by atoms with Crippen molar-refractivity contribution in [2.75, 3.05) is 27.2 Å². The summed E-state index contributed by atoms with van der Waals surface area (Å²) in [7, 11) is 4.10. The second-order valence-electron chi connectivity index (χ2n) is 4.46. The zero-order valence-corrected chi connectivity index (χ0v) is 11.7. The second kappa shape index (κ2) is 6.37. The molecule has 1 rings (SSSR count). The summed E-state index contributed by atoms with van der Waals surface area (Å²) in [4.78, 5) is 2.13. The van der Waals surface area contributed by atoms with Crippen LogP contribution in [0.3, 0.4) is 0 Å². The fourth-order valence-corrected chi connectivity index (χ4v) is 1.93. The number of aliphatic hydroxyl groups excluding tert-OH is 1. The molecule has 1 N–H and O–H groups in total. The van der Waals surface area contributed by atoms with Crippen LogP contribution in [-0.4, -0.2) is 47.0 Å². The molecular weight excluding hydrogens is 270 g/mol. The van der Waals surface area contributed by atoms with Crippen molar-refractivity contribution >= 4 is 15.9 Å². The normalized spacial score (nSPS) is 13.4. The zero-order chi connectivity index (χ0) is 12.1. The Balaban J connectivity index is 2.69. The van der Waals surface area contributed by atoms with E-state index in [1.807, 2.05) is 17.8 Å². The molecule has 0 aliphatic carbocycles. The molecule has 4 nitrogen and oxygen atoms in total. The van der Waals surface area contributed by atoms with Crippen LogP contribution in [0.4, 0.5) is 0 Å². The molecule has 1 aromatic rings. The van der Waals surface area contributed by atoms with Crippen molar-refractivity contribution in [2.45, 2.75) is 19.9 Å². The van der Waals surface area contributed by atoms with Crippen LogP contribution in [0.25, 0.3) is 0 Å². The number of likely N-dealkylation sites (N-methyl/N-ethyl adjacent to an activating group) is 1. The fourth-order valence-electron chi connectivity index (χ4n) is 1.47. The maximum absolute atomic E-state index is 9.08. The highest BCUT2D eigenvalue weighted by Crippen LogP contribution is 2.19. The van der Waals surface area contributed by atoms with E-state index in [1.54, 1.807) is 0 Å². The Labute approximate surface area is 105 Å². The minimum absolute atomic E-state index is 0.214. The molecule has 0 bridgehead atoms. The van der Waals surface area contributed by atoms with Crippen molar-refractivity contribution in [3.63, 3.8) is 0 Å². The molecule has 0 saturated heterocycles. The molecule has 16 heavy (non-hydrogen) atoms. The molecular formula is C11H20BrN3O. The summed E-state index contributed by atoms with van der Waals surface area (Å²) >= 11 is 3.50. The second-order valence-corrected chi connectivity index (χ2v) is 5.31. The lowest BCUT2D eigenvalue weighted by Gasteiger charge is -2.14. The van der Waals surface area contributed by atoms with Crippen LogP contribution in [-0.2, 0) is 13.0 Å². The summed E-state index contributed by atoms with van der Waals surface area (Å²) in [6, 6.07) is 0. The van der Waals surface area contributed by atoms with Crippen molar-refractivity contribution < 1.29 is 5.11 Å². The summed E-state index contributed by atoms with van der Waals surface area (Å²) in [6.07, 6.45) is 2.68. The molecule has 92 valence electrons. The third kappa shape index (κ3) is 3.88. The van der Waals surface area contributed by atoms with E-state index in [9.17, 15) is 0 Å². The van der Waals surface area contributed by atoms with Crippen molar-refractivity contribution in [3.8, 4) is 0 Å². The summed E-state index contributed by atoms with van der Waals surface area (Å²) < 4.78 is 3.04. The molecule has 0 spiro atoms. The van der Waals surface area contributed by atoms with Gasteiger partial charge in [-0.05, 0) is 42.4 Å². The van der Waals surface area contributed by atoms with Crippen molar-refractivity contribution in [3.05, 3.63) is 16.4 Å². The van der Waals surface area contributed by atoms with Crippen LogP contribution < -0.4 is 0 Å². The summed E-state index contributed by atoms with van der Waals surface area (Å²) in [5.74, 6) is 0.270. The summed E-state index contributed by atoms with van der Waals surface area (Å²) in [5, 5.41) is 13.4. The Morgan fingerprint density at radius 2 is 2.25 bits per heavy atom. The van der Waals surface area contributed by atoms with Gasteiger partial charge in [-0.1, -0.05) is 6.92 Å². The predicted octanol–water partition coefficient (Wildman–Crippen LogP) is 1.38. The van der Waals surface area contributed by atoms with Crippen molar-refractivity contribution in [2.24, 2.45) is 5.92 Å². The van der Waals surface area contributed by atoms with Crippen LogP contribution in [0.1, 0.15) is 12.6 Å². The van der Waals surface area contributed by atoms with Crippen LogP contribution in [0, 0.1) is 5.92 Å². The molecule has 0 fully saturated rings. The molecule has 0 radical (unpaired) electrons. The van der Waals surface area contributed by atoms with Crippen LogP contribution in [0.15, 0.2) is 10.7 Å². The van der Waals surface area contributed by atoms with E-state index in [2.05, 4.69) is 40.0 Å². The van der Waals surface area contributed by atoms with Crippen molar-refractivity contribution in [1.82, 2.24) is 14.7 Å². The third-order valence-corrected chi connectivity index (χ3v) is 3.17. The number of aliphatic hydroxyl groups is 1. The highest BCUT2D eigenvalue weighted by Gasteiger charge is 2.12. The van der Waals surface area contributed by atoms with Gasteiger partial charge in [-0.2, -0.15) is 5.10 Å². The largest absolute Gasteiger partial charge is 0.396 e. The van der Waals surface area contributed by atoms with Gasteiger partial charge in [0.25, 0.3) is 0 Å². The predicted molar refractivity (Wildman–Crippen MR) is 68.4 cm³/mol. The van der Waals surface area contributed by atoms with Gasteiger partial charge in [-0.25, -0.2) is 0 Å². The minimum Gasteiger partial charge on any atom is -0.396 e. The van der Waals surface area contributed by atoms with Gasteiger partial charge in [-0.3, -0.25) is 4.68 Å². The monoisotopic (exact) mass is 289 g/mol. The smallest absolute Gasteiger partial charge is 0.0635 e. The molecule has 1 atom stereocenters. The Morgan fingerprint density at radius 1 is 1.56 bits per heavy atom. The maximum Gasteiger partial charge on any atom is 0.0635 e. The molecule has 1 aromatic heterocycles. The van der Waals surface area contributed by atoms with Gasteiger partial charge in [0.05, 0.1) is 22.9 Å². The first kappa shape index (κ1) is 13.7. The Morgan fingerprint density at radius 3 is 2.81 bits per heavy atom. The zero-order valence-electron chi connectivity index (χ0n) is 10.1. The molecule has 0 amide bonds. The van der Waals surface area contributed by atoms with E-state index in [-0.39, 0.29) is 12.5 Å². The van der Waals surface area contributed by atoms with E-state index in [4.69, 9.17) is 5.11 Å². The lowest BCUT2D eigenvalue weighted by atomic mass is 10.1. The first-order chi connectivity index (χ1) is 7.54. The molecule has 0 saturated carbocycles. The van der Waals surface area contributed by atoms with Gasteiger partial charge in [0.2, 0.25) is 0 Å². The van der Waals surface area contributed by atoms with E-state index >= 15 is 0 Å². The average molecular weight is 290 g/mol. The molecule has 0 aliphatic heterocycles. The number of hydrogen-bond donors (Lipinski definition) is 1. The number of rotatable bonds is 6. The van der Waals surface area contributed by atoms with Gasteiger partial charge in [-0.15, -0.1) is 0 Å². The van der Waals surface area contributed by atoms with E-state index in [0.717, 1.165) is 24.0 Å². The average Bonchev–Trinajstić information content (AvgIpc) is 2.57. The van der Waals surface area contributed by atoms with Gasteiger partial charge in [0.15, 0.2) is 0 Å². The van der Waals surface area contributed by atoms with Gasteiger partial charge < -0.3 is 10.0 Å². The van der Waals surface area contributed by atoms with E-state index in [0.29, 0.717) is 0 Å². The minimum atomic E-state index is 0.214. The van der Waals surface area contributed by atoms with Crippen LogP contribution in [0.5, 0.6) is 0 Å². The quantitative estimate of drug-likeness (QED) is 0.860. The number of aromatic nitrogens is 2. The topological polar surface area (TPSA) is 41.3 Å². The van der Waals surface area contributed by atoms with Crippen molar-refractivity contribution in [1.29, 1.82) is 0 Å². The maximum atomic E-state index is 9.08. The number of nitrogens with zero attached hydrogens (tertiary/aromatic N) is 3.